The van der Waals surface area contributed by atoms with Crippen molar-refractivity contribution in [1.29, 1.82) is 0 Å². The fourth-order valence-electron chi connectivity index (χ4n) is 1.77. The molecule has 0 amide bonds. The summed E-state index contributed by atoms with van der Waals surface area (Å²) in [5, 5.41) is 3.28. The fraction of sp³-hybridized carbons (Fsp3) is 0.200. The van der Waals surface area contributed by atoms with Crippen LogP contribution in [0.25, 0.3) is 0 Å². The summed E-state index contributed by atoms with van der Waals surface area (Å²) in [5.74, 6) is -2.92. The summed E-state index contributed by atoms with van der Waals surface area (Å²) in [6.45, 7) is 1.39. The molecule has 0 aromatic heterocycles. The molecule has 0 aliphatic carbocycles. The molecule has 0 aliphatic rings. The van der Waals surface area contributed by atoms with Crippen LogP contribution in [-0.2, 0) is 5.92 Å². The molecule has 2 aromatic rings. The van der Waals surface area contributed by atoms with Gasteiger partial charge in [0.2, 0.25) is 0 Å². The third kappa shape index (κ3) is 3.44. The number of rotatable bonds is 4. The topological polar surface area (TPSA) is 12.0 Å². The number of aryl methyl sites for hydroxylation is 1. The van der Waals surface area contributed by atoms with Gasteiger partial charge >= 0.3 is 0 Å². The highest BCUT2D eigenvalue weighted by molar-refractivity contribution is 6.30. The number of nitrogens with one attached hydrogen (secondary N) is 1. The Hall–Kier alpha value is -1.61. The van der Waals surface area contributed by atoms with Crippen molar-refractivity contribution in [2.75, 3.05) is 11.9 Å². The van der Waals surface area contributed by atoms with E-state index in [-0.39, 0.29) is 5.56 Å². The maximum Gasteiger partial charge on any atom is 0.290 e. The van der Waals surface area contributed by atoms with Crippen LogP contribution < -0.4 is 5.32 Å². The second kappa shape index (κ2) is 5.57. The summed E-state index contributed by atoms with van der Waals surface area (Å²) >= 11 is 5.86. The zero-order valence-electron chi connectivity index (χ0n) is 10.5. The molecule has 1 N–H and O–H groups in total. The standard InChI is InChI=1S/C15H14ClF2N/c1-11-7-8-13(16)9-14(11)19-10-15(17,18)12-5-3-2-4-6-12/h2-9,19H,10H2,1H3. The Morgan fingerprint density at radius 3 is 2.47 bits per heavy atom. The number of hydrogen-bond acceptors (Lipinski definition) is 1. The second-order valence-corrected chi connectivity index (χ2v) is 4.82. The largest absolute Gasteiger partial charge is 0.378 e. The highest BCUT2D eigenvalue weighted by atomic mass is 35.5. The van der Waals surface area contributed by atoms with Crippen molar-refractivity contribution in [2.24, 2.45) is 0 Å². The van der Waals surface area contributed by atoms with E-state index >= 15 is 0 Å². The Kier molecular flexibility index (Phi) is 4.05. The van der Waals surface area contributed by atoms with Crippen LogP contribution in [0.15, 0.2) is 48.5 Å². The van der Waals surface area contributed by atoms with Crippen LogP contribution in [-0.4, -0.2) is 6.54 Å². The summed E-state index contributed by atoms with van der Waals surface area (Å²) in [6.07, 6.45) is 0. The lowest BCUT2D eigenvalue weighted by atomic mass is 10.1. The summed E-state index contributed by atoms with van der Waals surface area (Å²) in [4.78, 5) is 0. The number of anilines is 1. The Balaban J connectivity index is 2.12. The fourth-order valence-corrected chi connectivity index (χ4v) is 1.95. The smallest absolute Gasteiger partial charge is 0.290 e. The third-order valence-corrected chi connectivity index (χ3v) is 3.13. The first kappa shape index (κ1) is 13.8. The molecular formula is C15H14ClF2N. The summed E-state index contributed by atoms with van der Waals surface area (Å²) in [5.41, 5.74) is 1.51. The molecular weight excluding hydrogens is 268 g/mol. The summed E-state index contributed by atoms with van der Waals surface area (Å²) < 4.78 is 28.0. The van der Waals surface area contributed by atoms with Gasteiger partial charge in [0.25, 0.3) is 5.92 Å². The van der Waals surface area contributed by atoms with Crippen molar-refractivity contribution in [1.82, 2.24) is 0 Å². The van der Waals surface area contributed by atoms with Gasteiger partial charge in [0.1, 0.15) is 0 Å². The Bertz CT molecular complexity index is 555. The molecule has 100 valence electrons. The van der Waals surface area contributed by atoms with E-state index in [9.17, 15) is 8.78 Å². The van der Waals surface area contributed by atoms with Crippen molar-refractivity contribution in [3.8, 4) is 0 Å². The molecule has 0 fully saturated rings. The highest BCUT2D eigenvalue weighted by Gasteiger charge is 2.30. The van der Waals surface area contributed by atoms with Crippen LogP contribution in [0.3, 0.4) is 0 Å². The minimum absolute atomic E-state index is 0.00202. The molecule has 4 heteroatoms. The van der Waals surface area contributed by atoms with Gasteiger partial charge in [-0.15, -0.1) is 0 Å². The molecule has 0 atom stereocenters. The number of benzene rings is 2. The molecule has 19 heavy (non-hydrogen) atoms. The molecule has 0 saturated carbocycles. The Morgan fingerprint density at radius 2 is 1.79 bits per heavy atom. The van der Waals surface area contributed by atoms with E-state index in [4.69, 9.17) is 11.6 Å². The van der Waals surface area contributed by atoms with E-state index in [1.807, 2.05) is 6.92 Å². The summed E-state index contributed by atoms with van der Waals surface area (Å²) in [6, 6.07) is 13.0. The van der Waals surface area contributed by atoms with Gasteiger partial charge in [-0.1, -0.05) is 48.0 Å². The van der Waals surface area contributed by atoms with Crippen LogP contribution in [0.1, 0.15) is 11.1 Å². The van der Waals surface area contributed by atoms with Crippen LogP contribution in [0.5, 0.6) is 0 Å². The van der Waals surface area contributed by atoms with Gasteiger partial charge in [0.05, 0.1) is 6.54 Å². The first-order valence-electron chi connectivity index (χ1n) is 5.92. The summed E-state index contributed by atoms with van der Waals surface area (Å²) in [7, 11) is 0. The van der Waals surface area contributed by atoms with Crippen LogP contribution in [0.4, 0.5) is 14.5 Å². The van der Waals surface area contributed by atoms with Crippen LogP contribution >= 0.6 is 11.6 Å². The van der Waals surface area contributed by atoms with E-state index in [0.717, 1.165) is 5.56 Å². The Morgan fingerprint density at radius 1 is 1.11 bits per heavy atom. The van der Waals surface area contributed by atoms with Gasteiger partial charge in [-0.05, 0) is 24.6 Å². The maximum absolute atomic E-state index is 14.0. The molecule has 2 rings (SSSR count). The van der Waals surface area contributed by atoms with Crippen molar-refractivity contribution in [3.05, 3.63) is 64.7 Å². The number of halogens is 3. The lowest BCUT2D eigenvalue weighted by Gasteiger charge is -2.19. The van der Waals surface area contributed by atoms with Gasteiger partial charge in [-0.2, -0.15) is 8.78 Å². The van der Waals surface area contributed by atoms with Crippen LogP contribution in [0, 0.1) is 6.92 Å². The van der Waals surface area contributed by atoms with Gasteiger partial charge in [-0.3, -0.25) is 0 Å². The van der Waals surface area contributed by atoms with E-state index in [1.165, 1.54) is 12.1 Å². The van der Waals surface area contributed by atoms with E-state index < -0.39 is 12.5 Å². The van der Waals surface area contributed by atoms with Crippen molar-refractivity contribution in [3.63, 3.8) is 0 Å². The first-order chi connectivity index (χ1) is 8.99. The minimum atomic E-state index is -2.92. The third-order valence-electron chi connectivity index (χ3n) is 2.90. The molecule has 0 radical (unpaired) electrons. The van der Waals surface area contributed by atoms with Crippen LogP contribution in [0.2, 0.25) is 5.02 Å². The van der Waals surface area contributed by atoms with E-state index in [1.54, 1.807) is 36.4 Å². The monoisotopic (exact) mass is 281 g/mol. The predicted molar refractivity (Wildman–Crippen MR) is 75.0 cm³/mol. The molecule has 0 spiro atoms. The average molecular weight is 282 g/mol. The quantitative estimate of drug-likeness (QED) is 0.844. The average Bonchev–Trinajstić information content (AvgIpc) is 2.41. The lowest BCUT2D eigenvalue weighted by molar-refractivity contribution is 0.0106. The molecule has 0 bridgehead atoms. The molecule has 0 unspecified atom stereocenters. The first-order valence-corrected chi connectivity index (χ1v) is 6.30. The predicted octanol–water partition coefficient (Wildman–Crippen LogP) is 4.85. The molecule has 0 heterocycles. The van der Waals surface area contributed by atoms with Crippen molar-refractivity contribution >= 4 is 17.3 Å². The minimum Gasteiger partial charge on any atom is -0.378 e. The van der Waals surface area contributed by atoms with E-state index in [0.29, 0.717) is 10.7 Å². The molecule has 0 saturated heterocycles. The second-order valence-electron chi connectivity index (χ2n) is 4.38. The lowest BCUT2D eigenvalue weighted by Crippen LogP contribution is -2.24. The van der Waals surface area contributed by atoms with Gasteiger partial charge < -0.3 is 5.32 Å². The maximum atomic E-state index is 14.0. The molecule has 1 nitrogen and oxygen atoms in total. The number of hydrogen-bond donors (Lipinski definition) is 1. The van der Waals surface area contributed by atoms with Gasteiger partial charge in [-0.25, -0.2) is 0 Å². The van der Waals surface area contributed by atoms with E-state index in [2.05, 4.69) is 5.32 Å². The SMILES string of the molecule is Cc1ccc(Cl)cc1NCC(F)(F)c1ccccc1. The normalized spacial score (nSPS) is 11.4. The van der Waals surface area contributed by atoms with Crippen molar-refractivity contribution < 1.29 is 8.78 Å². The molecule has 2 aromatic carbocycles. The Labute approximate surface area is 116 Å². The zero-order valence-corrected chi connectivity index (χ0v) is 11.2. The van der Waals surface area contributed by atoms with Crippen molar-refractivity contribution in [2.45, 2.75) is 12.8 Å². The van der Waals surface area contributed by atoms with Gasteiger partial charge in [0, 0.05) is 16.3 Å². The zero-order chi connectivity index (χ0) is 13.9. The number of alkyl halides is 2. The molecule has 0 aliphatic heterocycles. The van der Waals surface area contributed by atoms with Gasteiger partial charge in [0.15, 0.2) is 0 Å². The highest BCUT2D eigenvalue weighted by Crippen LogP contribution is 2.29.